The molecule has 0 saturated heterocycles. The second-order valence-electron chi connectivity index (χ2n) is 8.19. The van der Waals surface area contributed by atoms with Crippen molar-refractivity contribution in [1.29, 1.82) is 0 Å². The number of nitro benzene ring substituents is 1. The van der Waals surface area contributed by atoms with Crippen molar-refractivity contribution in [2.75, 3.05) is 0 Å². The number of nitro groups is 1. The van der Waals surface area contributed by atoms with Gasteiger partial charge in [-0.3, -0.25) is 14.9 Å². The molecule has 0 atom stereocenters. The van der Waals surface area contributed by atoms with Gasteiger partial charge < -0.3 is 4.74 Å². The van der Waals surface area contributed by atoms with E-state index in [-0.39, 0.29) is 23.6 Å². The van der Waals surface area contributed by atoms with Crippen molar-refractivity contribution in [3.05, 3.63) is 133 Å². The highest BCUT2D eigenvalue weighted by atomic mass is 35.5. The number of aromatic nitrogens is 2. The van der Waals surface area contributed by atoms with Crippen LogP contribution in [0.25, 0.3) is 22.3 Å². The lowest BCUT2D eigenvalue weighted by Crippen LogP contribution is -2.20. The van der Waals surface area contributed by atoms with Gasteiger partial charge in [0.05, 0.1) is 22.0 Å². The topological polar surface area (TPSA) is 99.6 Å². The van der Waals surface area contributed by atoms with Crippen LogP contribution in [0.4, 0.5) is 5.69 Å². The first-order valence-corrected chi connectivity index (χ1v) is 12.1. The quantitative estimate of drug-likeness (QED) is 0.128. The highest BCUT2D eigenvalue weighted by molar-refractivity contribution is 6.35. The van der Waals surface area contributed by atoms with Crippen LogP contribution in [0.1, 0.15) is 11.1 Å². The predicted molar refractivity (Wildman–Crippen MR) is 148 cm³/mol. The number of ether oxygens (including phenoxy) is 1. The van der Waals surface area contributed by atoms with Crippen LogP contribution in [0.3, 0.4) is 0 Å². The minimum Gasteiger partial charge on any atom is -0.482 e. The van der Waals surface area contributed by atoms with Crippen LogP contribution >= 0.6 is 23.2 Å². The summed E-state index contributed by atoms with van der Waals surface area (Å²) in [7, 11) is 0. The van der Waals surface area contributed by atoms with E-state index in [1.165, 1.54) is 23.0 Å². The fraction of sp³-hybridized carbons (Fsp3) is 0.0357. The SMILES string of the molecule is O=c1c2ccccc2nc(-c2ccccc2)n1N=Cc1ccc(OCc2ccc(Cl)cc2Cl)c([N+](=O)[O-])c1. The lowest BCUT2D eigenvalue weighted by molar-refractivity contribution is -0.385. The first kappa shape index (κ1) is 25.1. The third-order valence-electron chi connectivity index (χ3n) is 5.69. The Morgan fingerprint density at radius 2 is 1.74 bits per heavy atom. The summed E-state index contributed by atoms with van der Waals surface area (Å²) in [6, 6.07) is 25.5. The van der Waals surface area contributed by atoms with E-state index in [0.29, 0.717) is 43.5 Å². The minimum absolute atomic E-state index is 0.0167. The Morgan fingerprint density at radius 1 is 0.974 bits per heavy atom. The largest absolute Gasteiger partial charge is 0.482 e. The molecule has 0 amide bonds. The molecule has 188 valence electrons. The van der Waals surface area contributed by atoms with E-state index in [9.17, 15) is 14.9 Å². The molecule has 0 aliphatic heterocycles. The zero-order chi connectivity index (χ0) is 26.6. The highest BCUT2D eigenvalue weighted by Gasteiger charge is 2.17. The standard InChI is InChI=1S/C28H18Cl2N4O4/c29-21-12-11-20(23(30)15-21)17-38-26-13-10-18(14-25(26)34(36)37)16-31-33-27(19-6-2-1-3-7-19)32-24-9-5-4-8-22(24)28(33)35/h1-16H,17H2. The number of fused-ring (bicyclic) bond motifs is 1. The number of halogens is 2. The van der Waals surface area contributed by atoms with Gasteiger partial charge in [0, 0.05) is 32.8 Å². The zero-order valence-corrected chi connectivity index (χ0v) is 21.1. The Kier molecular flexibility index (Phi) is 7.17. The maximum absolute atomic E-state index is 13.3. The van der Waals surface area contributed by atoms with E-state index < -0.39 is 4.92 Å². The van der Waals surface area contributed by atoms with Gasteiger partial charge in [-0.1, -0.05) is 71.7 Å². The summed E-state index contributed by atoms with van der Waals surface area (Å²) in [5, 5.41) is 17.4. The Morgan fingerprint density at radius 3 is 2.50 bits per heavy atom. The Labute approximate surface area is 226 Å². The van der Waals surface area contributed by atoms with Crippen LogP contribution in [0.5, 0.6) is 5.75 Å². The first-order chi connectivity index (χ1) is 18.4. The first-order valence-electron chi connectivity index (χ1n) is 11.4. The molecule has 10 heteroatoms. The van der Waals surface area contributed by atoms with Gasteiger partial charge in [0.2, 0.25) is 0 Å². The number of benzene rings is 4. The molecular weight excluding hydrogens is 527 g/mol. The highest BCUT2D eigenvalue weighted by Crippen LogP contribution is 2.30. The molecule has 4 aromatic carbocycles. The van der Waals surface area contributed by atoms with Gasteiger partial charge in [-0.05, 0) is 36.4 Å². The average molecular weight is 545 g/mol. The molecule has 0 N–H and O–H groups in total. The summed E-state index contributed by atoms with van der Waals surface area (Å²) in [5.74, 6) is 0.410. The van der Waals surface area contributed by atoms with Gasteiger partial charge in [-0.2, -0.15) is 9.78 Å². The number of hydrogen-bond acceptors (Lipinski definition) is 6. The minimum atomic E-state index is -0.546. The van der Waals surface area contributed by atoms with Crippen molar-refractivity contribution in [3.63, 3.8) is 0 Å². The predicted octanol–water partition coefficient (Wildman–Crippen LogP) is 6.74. The number of nitrogens with zero attached hydrogens (tertiary/aromatic N) is 4. The van der Waals surface area contributed by atoms with E-state index in [1.807, 2.05) is 30.3 Å². The van der Waals surface area contributed by atoms with Gasteiger partial charge in [-0.25, -0.2) is 4.98 Å². The molecule has 8 nitrogen and oxygen atoms in total. The third kappa shape index (κ3) is 5.27. The summed E-state index contributed by atoms with van der Waals surface area (Å²) in [6.45, 7) is 0.0167. The van der Waals surface area contributed by atoms with Crippen molar-refractivity contribution in [1.82, 2.24) is 9.66 Å². The second-order valence-corrected chi connectivity index (χ2v) is 9.03. The van der Waals surface area contributed by atoms with E-state index in [4.69, 9.17) is 27.9 Å². The fourth-order valence-corrected chi connectivity index (χ4v) is 4.27. The number of para-hydroxylation sites is 1. The van der Waals surface area contributed by atoms with Crippen molar-refractivity contribution in [2.24, 2.45) is 5.10 Å². The van der Waals surface area contributed by atoms with Crippen LogP contribution in [0.2, 0.25) is 10.0 Å². The molecule has 0 fully saturated rings. The molecular formula is C28H18Cl2N4O4. The Hall–Kier alpha value is -4.53. The average Bonchev–Trinajstić information content (AvgIpc) is 2.92. The van der Waals surface area contributed by atoms with Crippen molar-refractivity contribution >= 4 is 46.0 Å². The third-order valence-corrected chi connectivity index (χ3v) is 6.27. The van der Waals surface area contributed by atoms with E-state index >= 15 is 0 Å². The van der Waals surface area contributed by atoms with Gasteiger partial charge in [-0.15, -0.1) is 0 Å². The second kappa shape index (κ2) is 10.8. The van der Waals surface area contributed by atoms with Gasteiger partial charge in [0.1, 0.15) is 6.61 Å². The maximum Gasteiger partial charge on any atom is 0.311 e. The molecule has 0 bridgehead atoms. The maximum atomic E-state index is 13.3. The van der Waals surface area contributed by atoms with Crippen LogP contribution in [-0.2, 0) is 6.61 Å². The molecule has 0 spiro atoms. The molecule has 38 heavy (non-hydrogen) atoms. The lowest BCUT2D eigenvalue weighted by Gasteiger charge is -2.10. The van der Waals surface area contributed by atoms with Crippen LogP contribution in [0, 0.1) is 10.1 Å². The molecule has 5 aromatic rings. The Bertz CT molecular complexity index is 1750. The normalized spacial score (nSPS) is 11.2. The van der Waals surface area contributed by atoms with E-state index in [1.54, 1.807) is 48.5 Å². The molecule has 0 saturated carbocycles. The summed E-state index contributed by atoms with van der Waals surface area (Å²) >= 11 is 12.1. The smallest absolute Gasteiger partial charge is 0.311 e. The van der Waals surface area contributed by atoms with Crippen LogP contribution in [0.15, 0.2) is 101 Å². The van der Waals surface area contributed by atoms with Crippen molar-refractivity contribution in [2.45, 2.75) is 6.61 Å². The molecule has 5 rings (SSSR count). The number of hydrogen-bond donors (Lipinski definition) is 0. The lowest BCUT2D eigenvalue weighted by atomic mass is 10.2. The van der Waals surface area contributed by atoms with Gasteiger partial charge in [0.25, 0.3) is 5.56 Å². The Balaban J connectivity index is 1.50. The zero-order valence-electron chi connectivity index (χ0n) is 19.6. The van der Waals surface area contributed by atoms with Crippen LogP contribution in [-0.4, -0.2) is 20.8 Å². The molecule has 0 aliphatic rings. The summed E-state index contributed by atoms with van der Waals surface area (Å²) in [5.41, 5.74) is 1.65. The summed E-state index contributed by atoms with van der Waals surface area (Å²) in [6.07, 6.45) is 1.37. The molecule has 1 aromatic heterocycles. The van der Waals surface area contributed by atoms with E-state index in [2.05, 4.69) is 10.1 Å². The van der Waals surface area contributed by atoms with Gasteiger partial charge in [0.15, 0.2) is 11.6 Å². The summed E-state index contributed by atoms with van der Waals surface area (Å²) < 4.78 is 6.88. The molecule has 0 aliphatic carbocycles. The molecule has 0 radical (unpaired) electrons. The summed E-state index contributed by atoms with van der Waals surface area (Å²) in [4.78, 5) is 29.2. The van der Waals surface area contributed by atoms with E-state index in [0.717, 1.165) is 0 Å². The monoisotopic (exact) mass is 544 g/mol. The fourth-order valence-electron chi connectivity index (χ4n) is 3.80. The van der Waals surface area contributed by atoms with Crippen LogP contribution < -0.4 is 10.3 Å². The molecule has 1 heterocycles. The van der Waals surface area contributed by atoms with Crippen molar-refractivity contribution < 1.29 is 9.66 Å². The van der Waals surface area contributed by atoms with Gasteiger partial charge >= 0.3 is 5.69 Å². The van der Waals surface area contributed by atoms with Crippen molar-refractivity contribution in [3.8, 4) is 17.1 Å². The molecule has 0 unspecified atom stereocenters. The number of rotatable bonds is 7.